The molecule has 0 bridgehead atoms. The molecule has 0 saturated heterocycles. The van der Waals surface area contributed by atoms with Crippen LogP contribution in [0.3, 0.4) is 0 Å². The lowest BCUT2D eigenvalue weighted by Gasteiger charge is -2.13. The van der Waals surface area contributed by atoms with Gasteiger partial charge in [0, 0.05) is 38.8 Å². The third-order valence-corrected chi connectivity index (χ3v) is 4.34. The number of guanidine groups is 1. The molecule has 2 rings (SSSR count). The predicted molar refractivity (Wildman–Crippen MR) is 116 cm³/mol. The van der Waals surface area contributed by atoms with E-state index < -0.39 is 0 Å². The van der Waals surface area contributed by atoms with E-state index in [0.29, 0.717) is 31.2 Å². The van der Waals surface area contributed by atoms with E-state index >= 15 is 0 Å². The SMILES string of the molecule is CN=C(NCCc1ccc(F)cc1)NCc1cccc(C(=O)NCCN(C)C)c1. The van der Waals surface area contributed by atoms with E-state index in [-0.39, 0.29) is 11.7 Å². The second kappa shape index (κ2) is 11.8. The molecule has 6 nitrogen and oxygen atoms in total. The van der Waals surface area contributed by atoms with Gasteiger partial charge >= 0.3 is 0 Å². The maximum atomic E-state index is 13.0. The van der Waals surface area contributed by atoms with Gasteiger partial charge in [0.05, 0.1) is 0 Å². The zero-order valence-electron chi connectivity index (χ0n) is 17.3. The Balaban J connectivity index is 1.79. The third kappa shape index (κ3) is 8.31. The molecular weight excluding hydrogens is 369 g/mol. The predicted octanol–water partition coefficient (Wildman–Crippen LogP) is 2.02. The van der Waals surface area contributed by atoms with Crippen LogP contribution in [0.2, 0.25) is 0 Å². The number of hydrogen-bond donors (Lipinski definition) is 3. The van der Waals surface area contributed by atoms with E-state index in [2.05, 4.69) is 20.9 Å². The van der Waals surface area contributed by atoms with Crippen LogP contribution in [0.4, 0.5) is 4.39 Å². The first-order valence-corrected chi connectivity index (χ1v) is 9.69. The number of nitrogens with one attached hydrogen (secondary N) is 3. The van der Waals surface area contributed by atoms with Crippen molar-refractivity contribution < 1.29 is 9.18 Å². The van der Waals surface area contributed by atoms with Crippen LogP contribution in [0.15, 0.2) is 53.5 Å². The van der Waals surface area contributed by atoms with Gasteiger partial charge in [-0.15, -0.1) is 0 Å². The Labute approximate surface area is 172 Å². The quantitative estimate of drug-likeness (QED) is 0.446. The number of aliphatic imine (C=N–C) groups is 1. The molecule has 0 unspecified atom stereocenters. The molecule has 7 heteroatoms. The van der Waals surface area contributed by atoms with Gasteiger partial charge in [0.25, 0.3) is 5.91 Å². The van der Waals surface area contributed by atoms with E-state index in [1.54, 1.807) is 19.2 Å². The Morgan fingerprint density at radius 2 is 1.76 bits per heavy atom. The highest BCUT2D eigenvalue weighted by Gasteiger charge is 2.06. The van der Waals surface area contributed by atoms with Crippen molar-refractivity contribution in [2.45, 2.75) is 13.0 Å². The Morgan fingerprint density at radius 3 is 2.45 bits per heavy atom. The highest BCUT2D eigenvalue weighted by atomic mass is 19.1. The fraction of sp³-hybridized carbons (Fsp3) is 0.364. The lowest BCUT2D eigenvalue weighted by molar-refractivity contribution is 0.0951. The van der Waals surface area contributed by atoms with E-state index in [0.717, 1.165) is 24.1 Å². The zero-order chi connectivity index (χ0) is 21.1. The Kier molecular flexibility index (Phi) is 9.11. The lowest BCUT2D eigenvalue weighted by atomic mass is 10.1. The summed E-state index contributed by atoms with van der Waals surface area (Å²) in [4.78, 5) is 18.5. The standard InChI is InChI=1S/C22H30FN5O/c1-24-22(26-12-11-17-7-9-20(23)10-8-17)27-16-18-5-4-6-19(15-18)21(29)25-13-14-28(2)3/h4-10,15H,11-14,16H2,1-3H3,(H,25,29)(H2,24,26,27). The average Bonchev–Trinajstić information content (AvgIpc) is 2.71. The van der Waals surface area contributed by atoms with Crippen LogP contribution in [-0.4, -0.2) is 57.5 Å². The van der Waals surface area contributed by atoms with Crippen molar-refractivity contribution in [1.82, 2.24) is 20.9 Å². The Morgan fingerprint density at radius 1 is 1.00 bits per heavy atom. The van der Waals surface area contributed by atoms with Crippen LogP contribution in [0, 0.1) is 5.82 Å². The number of likely N-dealkylation sites (N-methyl/N-ethyl adjacent to an activating group) is 1. The molecule has 0 aromatic heterocycles. The summed E-state index contributed by atoms with van der Waals surface area (Å²) in [5.74, 6) is 0.372. The van der Waals surface area contributed by atoms with E-state index in [1.165, 1.54) is 12.1 Å². The second-order valence-corrected chi connectivity index (χ2v) is 6.99. The first-order valence-electron chi connectivity index (χ1n) is 9.69. The number of rotatable bonds is 9. The van der Waals surface area contributed by atoms with Crippen LogP contribution in [0.5, 0.6) is 0 Å². The van der Waals surface area contributed by atoms with Gasteiger partial charge in [0.15, 0.2) is 5.96 Å². The van der Waals surface area contributed by atoms with Crippen LogP contribution < -0.4 is 16.0 Å². The summed E-state index contributed by atoms with van der Waals surface area (Å²) in [6.07, 6.45) is 0.767. The highest BCUT2D eigenvalue weighted by Crippen LogP contribution is 2.05. The van der Waals surface area contributed by atoms with Gasteiger partial charge in [-0.3, -0.25) is 9.79 Å². The molecule has 2 aromatic rings. The fourth-order valence-electron chi connectivity index (χ4n) is 2.70. The molecule has 0 spiro atoms. The van der Waals surface area contributed by atoms with E-state index in [9.17, 15) is 9.18 Å². The fourth-order valence-corrected chi connectivity index (χ4v) is 2.70. The number of benzene rings is 2. The third-order valence-electron chi connectivity index (χ3n) is 4.34. The molecule has 1 amide bonds. The van der Waals surface area contributed by atoms with Gasteiger partial charge in [-0.05, 0) is 55.9 Å². The Bertz CT molecular complexity index is 805. The number of carbonyl (C=O) groups excluding carboxylic acids is 1. The number of hydrogen-bond acceptors (Lipinski definition) is 3. The monoisotopic (exact) mass is 399 g/mol. The van der Waals surface area contributed by atoms with Crippen LogP contribution in [0.25, 0.3) is 0 Å². The first-order chi connectivity index (χ1) is 14.0. The van der Waals surface area contributed by atoms with Crippen LogP contribution in [-0.2, 0) is 13.0 Å². The smallest absolute Gasteiger partial charge is 0.251 e. The average molecular weight is 400 g/mol. The molecule has 29 heavy (non-hydrogen) atoms. The van der Waals surface area contributed by atoms with Crippen LogP contribution >= 0.6 is 0 Å². The molecule has 156 valence electrons. The number of amides is 1. The van der Waals surface area contributed by atoms with Gasteiger partial charge in [-0.2, -0.15) is 0 Å². The van der Waals surface area contributed by atoms with Crippen LogP contribution in [0.1, 0.15) is 21.5 Å². The molecule has 0 saturated carbocycles. The minimum Gasteiger partial charge on any atom is -0.356 e. The normalized spacial score (nSPS) is 11.4. The molecule has 0 radical (unpaired) electrons. The summed E-state index contributed by atoms with van der Waals surface area (Å²) in [5.41, 5.74) is 2.69. The molecule has 0 aliphatic rings. The van der Waals surface area contributed by atoms with Gasteiger partial charge < -0.3 is 20.9 Å². The van der Waals surface area contributed by atoms with Crippen molar-refractivity contribution in [2.24, 2.45) is 4.99 Å². The highest BCUT2D eigenvalue weighted by molar-refractivity contribution is 5.94. The second-order valence-electron chi connectivity index (χ2n) is 6.99. The number of halogens is 1. The van der Waals surface area contributed by atoms with E-state index in [1.807, 2.05) is 43.3 Å². The largest absolute Gasteiger partial charge is 0.356 e. The minimum absolute atomic E-state index is 0.0736. The van der Waals surface area contributed by atoms with Crippen molar-refractivity contribution in [3.8, 4) is 0 Å². The van der Waals surface area contributed by atoms with Crippen molar-refractivity contribution in [3.63, 3.8) is 0 Å². The van der Waals surface area contributed by atoms with Crippen molar-refractivity contribution in [2.75, 3.05) is 40.8 Å². The topological polar surface area (TPSA) is 68.8 Å². The van der Waals surface area contributed by atoms with Crippen molar-refractivity contribution in [3.05, 3.63) is 71.0 Å². The van der Waals surface area contributed by atoms with Gasteiger partial charge in [0.1, 0.15) is 5.82 Å². The van der Waals surface area contributed by atoms with Crippen molar-refractivity contribution >= 4 is 11.9 Å². The maximum absolute atomic E-state index is 13.0. The van der Waals surface area contributed by atoms with Gasteiger partial charge in [-0.1, -0.05) is 24.3 Å². The molecule has 0 atom stereocenters. The lowest BCUT2D eigenvalue weighted by Crippen LogP contribution is -2.38. The molecular formula is C22H30FN5O. The molecule has 0 fully saturated rings. The number of carbonyl (C=O) groups is 1. The maximum Gasteiger partial charge on any atom is 0.251 e. The first kappa shape index (κ1) is 22.4. The Hall–Kier alpha value is -2.93. The summed E-state index contributed by atoms with van der Waals surface area (Å²) in [6.45, 7) is 2.64. The van der Waals surface area contributed by atoms with Crippen molar-refractivity contribution in [1.29, 1.82) is 0 Å². The number of nitrogens with zero attached hydrogens (tertiary/aromatic N) is 2. The summed E-state index contributed by atoms with van der Waals surface area (Å²) < 4.78 is 13.0. The molecule has 3 N–H and O–H groups in total. The summed E-state index contributed by atoms with van der Waals surface area (Å²) in [5, 5.41) is 9.41. The summed E-state index contributed by atoms with van der Waals surface area (Å²) >= 11 is 0. The van der Waals surface area contributed by atoms with E-state index in [4.69, 9.17) is 0 Å². The molecule has 0 aliphatic heterocycles. The summed E-state index contributed by atoms with van der Waals surface area (Å²) in [7, 11) is 5.65. The van der Waals surface area contributed by atoms with Gasteiger partial charge in [-0.25, -0.2) is 4.39 Å². The zero-order valence-corrected chi connectivity index (χ0v) is 17.3. The minimum atomic E-state index is -0.229. The molecule has 0 aliphatic carbocycles. The molecule has 0 heterocycles. The molecule has 2 aromatic carbocycles. The summed E-state index contributed by atoms with van der Waals surface area (Å²) in [6, 6.07) is 14.0. The van der Waals surface area contributed by atoms with Gasteiger partial charge in [0.2, 0.25) is 0 Å².